The Morgan fingerprint density at radius 1 is 0.778 bits per heavy atom. The molecular formula is C10H20O8. The molecule has 0 amide bonds. The summed E-state index contributed by atoms with van der Waals surface area (Å²) in [4.78, 5) is 10.1. The van der Waals surface area contributed by atoms with E-state index in [-0.39, 0.29) is 6.29 Å². The van der Waals surface area contributed by atoms with E-state index in [1.807, 2.05) is 0 Å². The quantitative estimate of drug-likeness (QED) is 0.209. The minimum absolute atomic E-state index is 0.191. The highest BCUT2D eigenvalue weighted by Gasteiger charge is 2.29. The molecule has 0 heterocycles. The Labute approximate surface area is 104 Å². The van der Waals surface area contributed by atoms with Crippen LogP contribution in [-0.2, 0) is 4.79 Å². The van der Waals surface area contributed by atoms with Gasteiger partial charge in [0.2, 0.25) is 0 Å². The molecule has 0 fully saturated rings. The standard InChI is InChI=1S/C10H20O8/c11-3-5(13)1-6(14)7(15)2-8(16)10(18)9(17)4-12/h3,5-10,12-18H,1-2,4H2/t5-,6+,7-,8-,9+,10+/m1/s1. The fraction of sp³-hybridized carbons (Fsp3) is 0.900. The predicted octanol–water partition coefficient (Wildman–Crippen LogP) is -3.88. The van der Waals surface area contributed by atoms with Crippen LogP contribution in [0.5, 0.6) is 0 Å². The average molecular weight is 268 g/mol. The first-order valence-electron chi connectivity index (χ1n) is 5.48. The summed E-state index contributed by atoms with van der Waals surface area (Å²) >= 11 is 0. The Hall–Kier alpha value is -0.610. The molecule has 0 aromatic rings. The molecule has 8 heteroatoms. The summed E-state index contributed by atoms with van der Waals surface area (Å²) in [5.41, 5.74) is 0. The molecule has 0 aromatic carbocycles. The molecule has 0 saturated carbocycles. The van der Waals surface area contributed by atoms with Crippen LogP contribution >= 0.6 is 0 Å². The zero-order valence-corrected chi connectivity index (χ0v) is 9.70. The Morgan fingerprint density at radius 2 is 1.28 bits per heavy atom. The van der Waals surface area contributed by atoms with E-state index >= 15 is 0 Å². The van der Waals surface area contributed by atoms with Gasteiger partial charge < -0.3 is 40.5 Å². The highest BCUT2D eigenvalue weighted by molar-refractivity contribution is 5.55. The Morgan fingerprint density at radius 3 is 1.72 bits per heavy atom. The molecule has 108 valence electrons. The van der Waals surface area contributed by atoms with Gasteiger partial charge in [-0.3, -0.25) is 0 Å². The Bertz CT molecular complexity index is 236. The molecule has 8 nitrogen and oxygen atoms in total. The van der Waals surface area contributed by atoms with Crippen molar-refractivity contribution in [2.45, 2.75) is 49.5 Å². The molecule has 0 aliphatic carbocycles. The maximum absolute atomic E-state index is 10.1. The van der Waals surface area contributed by atoms with E-state index in [1.54, 1.807) is 0 Å². The van der Waals surface area contributed by atoms with Crippen LogP contribution in [0.3, 0.4) is 0 Å². The molecule has 0 radical (unpaired) electrons. The highest BCUT2D eigenvalue weighted by Crippen LogP contribution is 2.12. The van der Waals surface area contributed by atoms with E-state index in [1.165, 1.54) is 0 Å². The summed E-state index contributed by atoms with van der Waals surface area (Å²) < 4.78 is 0. The van der Waals surface area contributed by atoms with Gasteiger partial charge in [-0.1, -0.05) is 0 Å². The fourth-order valence-electron chi connectivity index (χ4n) is 1.37. The van der Waals surface area contributed by atoms with E-state index in [2.05, 4.69) is 0 Å². The number of carbonyl (C=O) groups excluding carboxylic acids is 1. The van der Waals surface area contributed by atoms with Crippen molar-refractivity contribution < 1.29 is 40.5 Å². The SMILES string of the molecule is O=C[C@H](O)C[C@H](O)[C@H](O)C[C@@H](O)[C@H](O)[C@@H](O)CO. The van der Waals surface area contributed by atoms with Gasteiger partial charge in [0.15, 0.2) is 0 Å². The van der Waals surface area contributed by atoms with Crippen molar-refractivity contribution in [3.8, 4) is 0 Å². The largest absolute Gasteiger partial charge is 0.394 e. The van der Waals surface area contributed by atoms with Crippen LogP contribution in [0.1, 0.15) is 12.8 Å². The van der Waals surface area contributed by atoms with Gasteiger partial charge in [0, 0.05) is 12.8 Å². The maximum Gasteiger partial charge on any atom is 0.148 e. The van der Waals surface area contributed by atoms with Crippen molar-refractivity contribution in [2.24, 2.45) is 0 Å². The predicted molar refractivity (Wildman–Crippen MR) is 58.4 cm³/mol. The van der Waals surface area contributed by atoms with E-state index in [9.17, 15) is 25.2 Å². The molecule has 18 heavy (non-hydrogen) atoms. The topological polar surface area (TPSA) is 159 Å². The lowest BCUT2D eigenvalue weighted by Crippen LogP contribution is -2.43. The summed E-state index contributed by atoms with van der Waals surface area (Å²) in [6, 6.07) is 0. The summed E-state index contributed by atoms with van der Waals surface area (Å²) in [5, 5.41) is 64.0. The minimum atomic E-state index is -1.67. The van der Waals surface area contributed by atoms with Crippen LogP contribution in [0.15, 0.2) is 0 Å². The first-order chi connectivity index (χ1) is 8.33. The Kier molecular flexibility index (Phi) is 8.20. The van der Waals surface area contributed by atoms with Crippen LogP contribution in [0.2, 0.25) is 0 Å². The highest BCUT2D eigenvalue weighted by atomic mass is 16.4. The third-order valence-corrected chi connectivity index (χ3v) is 2.54. The summed E-state index contributed by atoms with van der Waals surface area (Å²) in [7, 11) is 0. The molecule has 0 rings (SSSR count). The monoisotopic (exact) mass is 268 g/mol. The number of aliphatic hydroxyl groups excluding tert-OH is 7. The molecule has 0 aliphatic heterocycles. The second-order valence-electron chi connectivity index (χ2n) is 4.12. The second kappa shape index (κ2) is 8.48. The first kappa shape index (κ1) is 17.4. The van der Waals surface area contributed by atoms with Crippen molar-refractivity contribution in [1.82, 2.24) is 0 Å². The first-order valence-corrected chi connectivity index (χ1v) is 5.48. The van der Waals surface area contributed by atoms with Crippen molar-refractivity contribution in [1.29, 1.82) is 0 Å². The lowest BCUT2D eigenvalue weighted by atomic mass is 9.97. The number of aliphatic hydroxyl groups is 7. The van der Waals surface area contributed by atoms with Crippen molar-refractivity contribution in [3.63, 3.8) is 0 Å². The second-order valence-corrected chi connectivity index (χ2v) is 4.12. The lowest BCUT2D eigenvalue weighted by molar-refractivity contribution is -0.119. The van der Waals surface area contributed by atoms with E-state index < -0.39 is 56.1 Å². The zero-order valence-electron chi connectivity index (χ0n) is 9.70. The molecule has 0 saturated heterocycles. The Balaban J connectivity index is 4.20. The zero-order chi connectivity index (χ0) is 14.3. The maximum atomic E-state index is 10.1. The van der Waals surface area contributed by atoms with Gasteiger partial charge in [-0.15, -0.1) is 0 Å². The fourth-order valence-corrected chi connectivity index (χ4v) is 1.37. The van der Waals surface area contributed by atoms with Crippen molar-refractivity contribution in [2.75, 3.05) is 6.61 Å². The third kappa shape index (κ3) is 5.83. The minimum Gasteiger partial charge on any atom is -0.394 e. The summed E-state index contributed by atoms with van der Waals surface area (Å²) in [6.45, 7) is -0.763. The van der Waals surface area contributed by atoms with Gasteiger partial charge in [-0.25, -0.2) is 0 Å². The van der Waals surface area contributed by atoms with Gasteiger partial charge in [-0.2, -0.15) is 0 Å². The van der Waals surface area contributed by atoms with Gasteiger partial charge in [0.25, 0.3) is 0 Å². The normalized spacial score (nSPS) is 21.7. The lowest BCUT2D eigenvalue weighted by Gasteiger charge is -2.25. The number of hydrogen-bond donors (Lipinski definition) is 7. The molecule has 7 N–H and O–H groups in total. The third-order valence-electron chi connectivity index (χ3n) is 2.54. The molecule has 6 atom stereocenters. The van der Waals surface area contributed by atoms with Crippen LogP contribution in [0.4, 0.5) is 0 Å². The number of hydrogen-bond acceptors (Lipinski definition) is 8. The van der Waals surface area contributed by atoms with Crippen molar-refractivity contribution in [3.05, 3.63) is 0 Å². The van der Waals surface area contributed by atoms with Gasteiger partial charge >= 0.3 is 0 Å². The average Bonchev–Trinajstić information content (AvgIpc) is 2.36. The van der Waals surface area contributed by atoms with E-state index in [4.69, 9.17) is 15.3 Å². The number of rotatable bonds is 9. The molecule has 0 aromatic heterocycles. The van der Waals surface area contributed by atoms with Crippen molar-refractivity contribution >= 4 is 6.29 Å². The van der Waals surface area contributed by atoms with E-state index in [0.717, 1.165) is 0 Å². The van der Waals surface area contributed by atoms with E-state index in [0.29, 0.717) is 0 Å². The molecule has 0 bridgehead atoms. The van der Waals surface area contributed by atoms with Crippen LogP contribution < -0.4 is 0 Å². The van der Waals surface area contributed by atoms with Gasteiger partial charge in [-0.05, 0) is 0 Å². The smallest absolute Gasteiger partial charge is 0.148 e. The summed E-state index contributed by atoms with van der Waals surface area (Å²) in [5.74, 6) is 0. The summed E-state index contributed by atoms with van der Waals surface area (Å²) in [6.07, 6.45) is -9.88. The molecule has 0 aliphatic rings. The van der Waals surface area contributed by atoms with Crippen LogP contribution in [0.25, 0.3) is 0 Å². The van der Waals surface area contributed by atoms with Gasteiger partial charge in [0.1, 0.15) is 24.6 Å². The van der Waals surface area contributed by atoms with Crippen LogP contribution in [-0.4, -0.2) is 85.3 Å². The number of carbonyl (C=O) groups is 1. The number of aldehydes is 1. The molecular weight excluding hydrogens is 248 g/mol. The van der Waals surface area contributed by atoms with Gasteiger partial charge in [0.05, 0.1) is 24.9 Å². The van der Waals surface area contributed by atoms with Crippen LogP contribution in [0, 0.1) is 0 Å². The molecule has 0 unspecified atom stereocenters. The molecule has 0 spiro atoms.